The number of anilines is 1. The molecule has 1 heterocycles. The van der Waals surface area contributed by atoms with Gasteiger partial charge in [-0.1, -0.05) is 15.9 Å². The summed E-state index contributed by atoms with van der Waals surface area (Å²) in [6.07, 6.45) is 1.73. The van der Waals surface area contributed by atoms with Crippen molar-refractivity contribution in [1.82, 2.24) is 10.0 Å². The molecule has 0 spiro atoms. The van der Waals surface area contributed by atoms with Crippen molar-refractivity contribution in [3.63, 3.8) is 0 Å². The molecule has 1 saturated heterocycles. The highest BCUT2D eigenvalue weighted by molar-refractivity contribution is 9.10. The van der Waals surface area contributed by atoms with E-state index in [9.17, 15) is 13.2 Å². The van der Waals surface area contributed by atoms with Gasteiger partial charge in [0.05, 0.1) is 11.0 Å². The number of thiocarbonyl (C=S) groups is 1. The first-order valence-corrected chi connectivity index (χ1v) is 11.6. The highest BCUT2D eigenvalue weighted by Crippen LogP contribution is 2.16. The zero-order valence-corrected chi connectivity index (χ0v) is 18.6. The molecule has 0 aliphatic carbocycles. The van der Waals surface area contributed by atoms with Gasteiger partial charge in [0.1, 0.15) is 0 Å². The van der Waals surface area contributed by atoms with Gasteiger partial charge in [-0.15, -0.1) is 0 Å². The Bertz CT molecular complexity index is 974. The van der Waals surface area contributed by atoms with Crippen LogP contribution in [0.2, 0.25) is 0 Å². The minimum Gasteiger partial charge on any atom is -0.377 e. The summed E-state index contributed by atoms with van der Waals surface area (Å²) in [5, 5.41) is 5.56. The summed E-state index contributed by atoms with van der Waals surface area (Å²) < 4.78 is 33.6. The first-order valence-electron chi connectivity index (χ1n) is 8.93. The summed E-state index contributed by atoms with van der Waals surface area (Å²) >= 11 is 8.46. The molecule has 1 fully saturated rings. The maximum atomic E-state index is 12.4. The average molecular weight is 498 g/mol. The van der Waals surface area contributed by atoms with Crippen LogP contribution in [0.1, 0.15) is 23.2 Å². The van der Waals surface area contributed by atoms with Crippen molar-refractivity contribution >= 4 is 54.9 Å². The van der Waals surface area contributed by atoms with Crippen LogP contribution in [0.5, 0.6) is 0 Å². The maximum absolute atomic E-state index is 12.4. The normalized spacial score (nSPS) is 16.4. The minimum atomic E-state index is -3.62. The van der Waals surface area contributed by atoms with Crippen LogP contribution in [0.3, 0.4) is 0 Å². The number of amides is 1. The first-order chi connectivity index (χ1) is 13.8. The number of carbonyl (C=O) groups is 1. The van der Waals surface area contributed by atoms with Crippen molar-refractivity contribution in [2.75, 3.05) is 18.5 Å². The average Bonchev–Trinajstić information content (AvgIpc) is 3.21. The molecule has 7 nitrogen and oxygen atoms in total. The highest BCUT2D eigenvalue weighted by Gasteiger charge is 2.20. The Morgan fingerprint density at radius 2 is 1.83 bits per heavy atom. The Kier molecular flexibility index (Phi) is 7.36. The fraction of sp³-hybridized carbons (Fsp3) is 0.263. The van der Waals surface area contributed by atoms with Gasteiger partial charge in [-0.2, -0.15) is 0 Å². The molecule has 10 heteroatoms. The number of benzene rings is 2. The third-order valence-electron chi connectivity index (χ3n) is 4.28. The minimum absolute atomic E-state index is 0.0718. The Balaban J connectivity index is 1.54. The number of carbonyl (C=O) groups excluding carboxylic acids is 1. The Morgan fingerprint density at radius 3 is 2.45 bits per heavy atom. The van der Waals surface area contributed by atoms with Gasteiger partial charge in [-0.25, -0.2) is 13.1 Å². The summed E-state index contributed by atoms with van der Waals surface area (Å²) in [5.74, 6) is -0.340. The lowest BCUT2D eigenvalue weighted by molar-refractivity contribution is 0.0977. The topological polar surface area (TPSA) is 96.5 Å². The van der Waals surface area contributed by atoms with E-state index in [1.54, 1.807) is 36.4 Å². The van der Waals surface area contributed by atoms with Gasteiger partial charge in [0, 0.05) is 28.9 Å². The molecule has 0 saturated carbocycles. The molecule has 2 aromatic rings. The van der Waals surface area contributed by atoms with Gasteiger partial charge in [0.15, 0.2) is 5.11 Å². The smallest absolute Gasteiger partial charge is 0.257 e. The second kappa shape index (κ2) is 9.77. The number of ether oxygens (including phenoxy) is 1. The van der Waals surface area contributed by atoms with Gasteiger partial charge >= 0.3 is 0 Å². The van der Waals surface area contributed by atoms with Crippen molar-refractivity contribution in [3.05, 3.63) is 58.6 Å². The monoisotopic (exact) mass is 497 g/mol. The van der Waals surface area contributed by atoms with Gasteiger partial charge in [-0.05, 0) is 73.6 Å². The van der Waals surface area contributed by atoms with E-state index in [2.05, 4.69) is 31.3 Å². The molecule has 2 aromatic carbocycles. The third-order valence-corrected chi connectivity index (χ3v) is 6.45. The van der Waals surface area contributed by atoms with E-state index in [1.807, 2.05) is 0 Å². The van der Waals surface area contributed by atoms with Gasteiger partial charge in [0.25, 0.3) is 5.91 Å². The molecular weight excluding hydrogens is 478 g/mol. The van der Waals surface area contributed by atoms with E-state index in [1.165, 1.54) is 12.1 Å². The van der Waals surface area contributed by atoms with Crippen LogP contribution in [-0.2, 0) is 14.8 Å². The standard InChI is InChI=1S/C19H20BrN3O4S2/c20-14-5-3-13(4-6-14)18(24)23-19(28)22-15-7-9-17(10-8-15)29(25,26)21-12-16-2-1-11-27-16/h3-10,16,21H,1-2,11-12H2,(H2,22,23,24,28). The van der Waals surface area contributed by atoms with E-state index in [-0.39, 0.29) is 28.6 Å². The molecule has 1 unspecified atom stereocenters. The number of nitrogens with one attached hydrogen (secondary N) is 3. The molecule has 0 bridgehead atoms. The zero-order chi connectivity index (χ0) is 20.9. The molecule has 3 N–H and O–H groups in total. The van der Waals surface area contributed by atoms with E-state index >= 15 is 0 Å². The second-order valence-corrected chi connectivity index (χ2v) is 9.52. The largest absolute Gasteiger partial charge is 0.377 e. The second-order valence-electron chi connectivity index (χ2n) is 6.43. The molecule has 3 rings (SSSR count). The molecule has 0 radical (unpaired) electrons. The lowest BCUT2D eigenvalue weighted by Gasteiger charge is -2.12. The van der Waals surface area contributed by atoms with Crippen LogP contribution in [0, 0.1) is 0 Å². The van der Waals surface area contributed by atoms with Crippen molar-refractivity contribution in [2.24, 2.45) is 0 Å². The molecule has 1 atom stereocenters. The number of sulfonamides is 1. The van der Waals surface area contributed by atoms with Crippen LogP contribution in [0.4, 0.5) is 5.69 Å². The van der Waals surface area contributed by atoms with E-state index < -0.39 is 10.0 Å². The summed E-state index contributed by atoms with van der Waals surface area (Å²) in [4.78, 5) is 12.3. The van der Waals surface area contributed by atoms with E-state index in [0.717, 1.165) is 17.3 Å². The van der Waals surface area contributed by atoms with Gasteiger partial charge < -0.3 is 10.1 Å². The van der Waals surface area contributed by atoms with Crippen molar-refractivity contribution < 1.29 is 17.9 Å². The van der Waals surface area contributed by atoms with Crippen LogP contribution in [-0.4, -0.2) is 38.7 Å². The van der Waals surface area contributed by atoms with Crippen LogP contribution in [0.15, 0.2) is 57.9 Å². The zero-order valence-electron chi connectivity index (χ0n) is 15.4. The quantitative estimate of drug-likeness (QED) is 0.530. The Morgan fingerprint density at radius 1 is 1.14 bits per heavy atom. The number of hydrogen-bond donors (Lipinski definition) is 3. The third kappa shape index (κ3) is 6.31. The molecule has 154 valence electrons. The first kappa shape index (κ1) is 21.8. The van der Waals surface area contributed by atoms with Crippen LogP contribution in [0.25, 0.3) is 0 Å². The molecule has 0 aromatic heterocycles. The van der Waals surface area contributed by atoms with Gasteiger partial charge in [-0.3, -0.25) is 10.1 Å². The van der Waals surface area contributed by atoms with Crippen LogP contribution < -0.4 is 15.4 Å². The SMILES string of the molecule is O=C(NC(=S)Nc1ccc(S(=O)(=O)NCC2CCCO2)cc1)c1ccc(Br)cc1. The predicted molar refractivity (Wildman–Crippen MR) is 118 cm³/mol. The maximum Gasteiger partial charge on any atom is 0.257 e. The highest BCUT2D eigenvalue weighted by atomic mass is 79.9. The fourth-order valence-corrected chi connectivity index (χ4v) is 4.29. The molecule has 1 aliphatic rings. The number of halogens is 1. The lowest BCUT2D eigenvalue weighted by Crippen LogP contribution is -2.34. The van der Waals surface area contributed by atoms with Crippen molar-refractivity contribution in [1.29, 1.82) is 0 Å². The summed E-state index contributed by atoms with van der Waals surface area (Å²) in [6.45, 7) is 0.930. The van der Waals surface area contributed by atoms with Crippen LogP contribution >= 0.6 is 28.1 Å². The summed E-state index contributed by atoms with van der Waals surface area (Å²) in [5.41, 5.74) is 1.03. The number of rotatable bonds is 6. The Labute approximate surface area is 183 Å². The molecular formula is C19H20BrN3O4S2. The van der Waals surface area contributed by atoms with Crippen molar-refractivity contribution in [2.45, 2.75) is 23.8 Å². The number of hydrogen-bond acceptors (Lipinski definition) is 5. The summed E-state index contributed by atoms with van der Waals surface area (Å²) in [7, 11) is -3.62. The van der Waals surface area contributed by atoms with Gasteiger partial charge in [0.2, 0.25) is 10.0 Å². The van der Waals surface area contributed by atoms with E-state index in [4.69, 9.17) is 17.0 Å². The molecule has 29 heavy (non-hydrogen) atoms. The van der Waals surface area contributed by atoms with Crippen molar-refractivity contribution in [3.8, 4) is 0 Å². The Hall–Kier alpha value is -1.85. The predicted octanol–water partition coefficient (Wildman–Crippen LogP) is 3.03. The molecule has 1 amide bonds. The fourth-order valence-electron chi connectivity index (χ4n) is 2.75. The lowest BCUT2D eigenvalue weighted by atomic mass is 10.2. The molecule has 1 aliphatic heterocycles. The summed E-state index contributed by atoms with van der Waals surface area (Å²) in [6, 6.07) is 13.0. The van der Waals surface area contributed by atoms with E-state index in [0.29, 0.717) is 17.9 Å².